The highest BCUT2D eigenvalue weighted by molar-refractivity contribution is 9.10. The number of phenols is 1. The molecule has 1 saturated heterocycles. The number of hydrogen-bond acceptors (Lipinski definition) is 3. The van der Waals surface area contributed by atoms with Gasteiger partial charge in [-0.25, -0.2) is 0 Å². The molecular formula is C13H18BrNO2. The molecule has 0 amide bonds. The van der Waals surface area contributed by atoms with Crippen molar-refractivity contribution in [3.05, 3.63) is 21.2 Å². The molecule has 0 spiro atoms. The van der Waals surface area contributed by atoms with Gasteiger partial charge in [-0.1, -0.05) is 15.9 Å². The Hall–Kier alpha value is -0.740. The first kappa shape index (κ1) is 12.7. The van der Waals surface area contributed by atoms with E-state index in [0.29, 0.717) is 17.4 Å². The van der Waals surface area contributed by atoms with Crippen LogP contribution in [0.4, 0.5) is 0 Å². The van der Waals surface area contributed by atoms with E-state index in [-0.39, 0.29) is 0 Å². The molecule has 0 aromatic heterocycles. The SMILES string of the molecule is COc1c(C)c(Br)c(C)c(C2CCNC2)c1O. The predicted octanol–water partition coefficient (Wildman–Crippen LogP) is 2.86. The van der Waals surface area contributed by atoms with Gasteiger partial charge in [-0.3, -0.25) is 0 Å². The Kier molecular flexibility index (Phi) is 3.64. The van der Waals surface area contributed by atoms with Gasteiger partial charge in [0, 0.05) is 28.1 Å². The quantitative estimate of drug-likeness (QED) is 0.882. The topological polar surface area (TPSA) is 41.5 Å². The molecule has 1 aliphatic rings. The van der Waals surface area contributed by atoms with E-state index in [4.69, 9.17) is 4.74 Å². The Labute approximate surface area is 110 Å². The van der Waals surface area contributed by atoms with Gasteiger partial charge in [0.25, 0.3) is 0 Å². The lowest BCUT2D eigenvalue weighted by molar-refractivity contribution is 0.365. The number of hydrogen-bond donors (Lipinski definition) is 2. The summed E-state index contributed by atoms with van der Waals surface area (Å²) in [6.07, 6.45) is 1.06. The third-order valence-electron chi connectivity index (χ3n) is 3.55. The van der Waals surface area contributed by atoms with Gasteiger partial charge in [-0.15, -0.1) is 0 Å². The third-order valence-corrected chi connectivity index (χ3v) is 4.74. The van der Waals surface area contributed by atoms with E-state index in [1.807, 2.05) is 13.8 Å². The monoisotopic (exact) mass is 299 g/mol. The molecule has 1 aromatic carbocycles. The number of benzene rings is 1. The zero-order valence-corrected chi connectivity index (χ0v) is 12.0. The molecule has 0 aliphatic carbocycles. The maximum Gasteiger partial charge on any atom is 0.164 e. The second kappa shape index (κ2) is 4.86. The Balaban J connectivity index is 2.61. The van der Waals surface area contributed by atoms with Crippen molar-refractivity contribution in [1.82, 2.24) is 5.32 Å². The minimum Gasteiger partial charge on any atom is -0.504 e. The van der Waals surface area contributed by atoms with Crippen molar-refractivity contribution in [2.24, 2.45) is 0 Å². The van der Waals surface area contributed by atoms with E-state index in [2.05, 4.69) is 21.2 Å². The van der Waals surface area contributed by atoms with Crippen LogP contribution in [-0.2, 0) is 0 Å². The molecule has 1 unspecified atom stereocenters. The zero-order valence-electron chi connectivity index (χ0n) is 10.4. The van der Waals surface area contributed by atoms with Crippen LogP contribution in [-0.4, -0.2) is 25.3 Å². The van der Waals surface area contributed by atoms with Crippen molar-refractivity contribution in [2.45, 2.75) is 26.2 Å². The minimum absolute atomic E-state index is 0.305. The summed E-state index contributed by atoms with van der Waals surface area (Å²) < 4.78 is 6.35. The van der Waals surface area contributed by atoms with E-state index < -0.39 is 0 Å². The molecule has 1 heterocycles. The minimum atomic E-state index is 0.305. The number of methoxy groups -OCH3 is 1. The lowest BCUT2D eigenvalue weighted by Gasteiger charge is -2.20. The van der Waals surface area contributed by atoms with Gasteiger partial charge in [0.1, 0.15) is 0 Å². The molecule has 2 rings (SSSR count). The van der Waals surface area contributed by atoms with Crippen LogP contribution in [0.2, 0.25) is 0 Å². The fourth-order valence-corrected chi connectivity index (χ4v) is 3.02. The van der Waals surface area contributed by atoms with Crippen molar-refractivity contribution in [3.63, 3.8) is 0 Å². The van der Waals surface area contributed by atoms with Crippen molar-refractivity contribution >= 4 is 15.9 Å². The molecule has 0 radical (unpaired) electrons. The van der Waals surface area contributed by atoms with Crippen molar-refractivity contribution in [2.75, 3.05) is 20.2 Å². The first-order valence-corrected chi connectivity index (χ1v) is 6.63. The van der Waals surface area contributed by atoms with Crippen molar-refractivity contribution in [1.29, 1.82) is 0 Å². The van der Waals surface area contributed by atoms with Crippen LogP contribution >= 0.6 is 15.9 Å². The number of ether oxygens (including phenoxy) is 1. The van der Waals surface area contributed by atoms with Gasteiger partial charge in [0.15, 0.2) is 11.5 Å². The summed E-state index contributed by atoms with van der Waals surface area (Å²) in [4.78, 5) is 0. The summed E-state index contributed by atoms with van der Waals surface area (Å²) >= 11 is 3.59. The van der Waals surface area contributed by atoms with Gasteiger partial charge in [-0.05, 0) is 32.4 Å². The van der Waals surface area contributed by atoms with Crippen LogP contribution in [0, 0.1) is 13.8 Å². The van der Waals surface area contributed by atoms with Gasteiger partial charge < -0.3 is 15.2 Å². The van der Waals surface area contributed by atoms with Crippen LogP contribution in [0.1, 0.15) is 29.0 Å². The van der Waals surface area contributed by atoms with Gasteiger partial charge in [-0.2, -0.15) is 0 Å². The van der Waals surface area contributed by atoms with E-state index in [9.17, 15) is 5.11 Å². The Morgan fingerprint density at radius 1 is 1.35 bits per heavy atom. The number of halogens is 1. The van der Waals surface area contributed by atoms with Gasteiger partial charge in [0.2, 0.25) is 0 Å². The Bertz CT molecular complexity index is 440. The van der Waals surface area contributed by atoms with Crippen LogP contribution < -0.4 is 10.1 Å². The number of rotatable bonds is 2. The summed E-state index contributed by atoms with van der Waals surface area (Å²) in [6.45, 7) is 5.93. The highest BCUT2D eigenvalue weighted by atomic mass is 79.9. The molecule has 1 atom stereocenters. The average Bonchev–Trinajstić information content (AvgIpc) is 2.81. The van der Waals surface area contributed by atoms with E-state index in [1.165, 1.54) is 0 Å². The fraction of sp³-hybridized carbons (Fsp3) is 0.538. The standard InChI is InChI=1S/C13H18BrNO2/c1-7-10(9-4-5-15-6-9)12(16)13(17-3)8(2)11(7)14/h9,15-16H,4-6H2,1-3H3. The second-order valence-corrected chi connectivity index (χ2v) is 5.34. The zero-order chi connectivity index (χ0) is 12.6. The van der Waals surface area contributed by atoms with Gasteiger partial charge >= 0.3 is 0 Å². The lowest BCUT2D eigenvalue weighted by atomic mass is 9.91. The van der Waals surface area contributed by atoms with E-state index in [0.717, 1.165) is 40.7 Å². The van der Waals surface area contributed by atoms with Crippen LogP contribution in [0.15, 0.2) is 4.47 Å². The first-order chi connectivity index (χ1) is 8.07. The number of nitrogens with one attached hydrogen (secondary N) is 1. The normalized spacial score (nSPS) is 19.6. The van der Waals surface area contributed by atoms with E-state index in [1.54, 1.807) is 7.11 Å². The molecule has 94 valence electrons. The lowest BCUT2D eigenvalue weighted by Crippen LogP contribution is -2.10. The highest BCUT2D eigenvalue weighted by Crippen LogP contribution is 2.45. The third kappa shape index (κ3) is 2.04. The molecule has 3 nitrogen and oxygen atoms in total. The summed E-state index contributed by atoms with van der Waals surface area (Å²) in [7, 11) is 1.60. The van der Waals surface area contributed by atoms with Crippen LogP contribution in [0.5, 0.6) is 11.5 Å². The number of phenolic OH excluding ortho intramolecular Hbond substituents is 1. The Morgan fingerprint density at radius 3 is 2.59 bits per heavy atom. The summed E-state index contributed by atoms with van der Waals surface area (Å²) in [5.41, 5.74) is 3.09. The molecule has 17 heavy (non-hydrogen) atoms. The smallest absolute Gasteiger partial charge is 0.164 e. The second-order valence-electron chi connectivity index (χ2n) is 4.55. The molecule has 1 aliphatic heterocycles. The molecule has 0 bridgehead atoms. The summed E-state index contributed by atoms with van der Waals surface area (Å²) in [6, 6.07) is 0. The maximum absolute atomic E-state index is 10.4. The van der Waals surface area contributed by atoms with E-state index >= 15 is 0 Å². The average molecular weight is 300 g/mol. The predicted molar refractivity (Wildman–Crippen MR) is 72.1 cm³/mol. The van der Waals surface area contributed by atoms with Crippen molar-refractivity contribution < 1.29 is 9.84 Å². The van der Waals surface area contributed by atoms with Crippen LogP contribution in [0.25, 0.3) is 0 Å². The summed E-state index contributed by atoms with van der Waals surface area (Å²) in [5.74, 6) is 1.27. The number of aromatic hydroxyl groups is 1. The fourth-order valence-electron chi connectivity index (χ4n) is 2.63. The summed E-state index contributed by atoms with van der Waals surface area (Å²) in [5, 5.41) is 13.7. The molecule has 1 aromatic rings. The van der Waals surface area contributed by atoms with Crippen molar-refractivity contribution in [3.8, 4) is 11.5 Å². The highest BCUT2D eigenvalue weighted by Gasteiger charge is 2.26. The molecule has 2 N–H and O–H groups in total. The van der Waals surface area contributed by atoms with Crippen LogP contribution in [0.3, 0.4) is 0 Å². The molecular weight excluding hydrogens is 282 g/mol. The molecule has 0 saturated carbocycles. The Morgan fingerprint density at radius 2 is 2.06 bits per heavy atom. The molecule has 4 heteroatoms. The largest absolute Gasteiger partial charge is 0.504 e. The van der Waals surface area contributed by atoms with Gasteiger partial charge in [0.05, 0.1) is 7.11 Å². The molecule has 1 fully saturated rings. The first-order valence-electron chi connectivity index (χ1n) is 5.84. The maximum atomic E-state index is 10.4.